The van der Waals surface area contributed by atoms with Crippen molar-refractivity contribution in [2.24, 2.45) is 0 Å². The average molecular weight is 288 g/mol. The van der Waals surface area contributed by atoms with E-state index in [2.05, 4.69) is 62.2 Å². The third kappa shape index (κ3) is 3.90. The third-order valence-electron chi connectivity index (χ3n) is 3.55. The zero-order chi connectivity index (χ0) is 14.5. The maximum Gasteiger partial charge on any atom is 0.0954 e. The van der Waals surface area contributed by atoms with Gasteiger partial charge in [-0.25, -0.2) is 4.98 Å². The number of aromatic nitrogens is 1. The molecule has 2 nitrogen and oxygen atoms in total. The van der Waals surface area contributed by atoms with Gasteiger partial charge in [-0.1, -0.05) is 45.0 Å². The summed E-state index contributed by atoms with van der Waals surface area (Å²) in [5, 5.41) is 3.45. The predicted octanol–water partition coefficient (Wildman–Crippen LogP) is 4.60. The molecule has 2 aromatic rings. The van der Waals surface area contributed by atoms with Gasteiger partial charge in [0.2, 0.25) is 0 Å². The number of benzene rings is 1. The predicted molar refractivity (Wildman–Crippen MR) is 87.2 cm³/mol. The lowest BCUT2D eigenvalue weighted by Crippen LogP contribution is -2.23. The fourth-order valence-corrected chi connectivity index (χ4v) is 3.02. The minimum Gasteiger partial charge on any atom is -0.293 e. The van der Waals surface area contributed by atoms with E-state index in [1.54, 1.807) is 11.3 Å². The summed E-state index contributed by atoms with van der Waals surface area (Å²) in [6, 6.07) is 8.63. The first kappa shape index (κ1) is 15.2. The first-order valence-electron chi connectivity index (χ1n) is 7.31. The van der Waals surface area contributed by atoms with Crippen molar-refractivity contribution in [2.45, 2.75) is 46.7 Å². The van der Waals surface area contributed by atoms with Crippen molar-refractivity contribution in [3.05, 3.63) is 51.5 Å². The molecule has 3 heteroatoms. The van der Waals surface area contributed by atoms with E-state index in [4.69, 9.17) is 4.98 Å². The molecule has 108 valence electrons. The Kier molecular flexibility index (Phi) is 5.32. The first-order valence-corrected chi connectivity index (χ1v) is 8.19. The fourth-order valence-electron chi connectivity index (χ4n) is 2.20. The molecule has 1 aromatic carbocycles. The Labute approximate surface area is 126 Å². The Morgan fingerprint density at radius 3 is 2.55 bits per heavy atom. The van der Waals surface area contributed by atoms with E-state index in [-0.39, 0.29) is 0 Å². The van der Waals surface area contributed by atoms with E-state index >= 15 is 0 Å². The van der Waals surface area contributed by atoms with Crippen LogP contribution in [-0.2, 0) is 13.1 Å². The normalized spacial score (nSPS) is 11.5. The van der Waals surface area contributed by atoms with Gasteiger partial charge in [0.15, 0.2) is 0 Å². The fraction of sp³-hybridized carbons (Fsp3) is 0.471. The van der Waals surface area contributed by atoms with Crippen LogP contribution in [0, 0.1) is 6.92 Å². The molecule has 0 N–H and O–H groups in total. The van der Waals surface area contributed by atoms with Crippen molar-refractivity contribution >= 4 is 11.3 Å². The summed E-state index contributed by atoms with van der Waals surface area (Å²) in [4.78, 5) is 7.18. The van der Waals surface area contributed by atoms with Crippen molar-refractivity contribution in [1.29, 1.82) is 0 Å². The van der Waals surface area contributed by atoms with E-state index in [1.165, 1.54) is 21.8 Å². The van der Waals surface area contributed by atoms with Crippen LogP contribution in [0.15, 0.2) is 29.6 Å². The van der Waals surface area contributed by atoms with Crippen LogP contribution < -0.4 is 0 Å². The van der Waals surface area contributed by atoms with Gasteiger partial charge in [0, 0.05) is 24.4 Å². The maximum absolute atomic E-state index is 4.74. The lowest BCUT2D eigenvalue weighted by atomic mass is 10.1. The van der Waals surface area contributed by atoms with Crippen molar-refractivity contribution in [3.8, 4) is 0 Å². The van der Waals surface area contributed by atoms with Crippen LogP contribution >= 0.6 is 11.3 Å². The molecular formula is C17H24N2S. The Morgan fingerprint density at radius 1 is 1.20 bits per heavy atom. The van der Waals surface area contributed by atoms with Gasteiger partial charge in [-0.05, 0) is 24.6 Å². The second-order valence-corrected chi connectivity index (χ2v) is 6.45. The Bertz CT molecular complexity index is 545. The summed E-state index contributed by atoms with van der Waals surface area (Å²) in [6.45, 7) is 11.8. The van der Waals surface area contributed by atoms with Crippen molar-refractivity contribution < 1.29 is 0 Å². The number of thiazole rings is 1. The summed E-state index contributed by atoms with van der Waals surface area (Å²) in [6.07, 6.45) is 0. The van der Waals surface area contributed by atoms with Gasteiger partial charge in [0.05, 0.1) is 10.7 Å². The summed E-state index contributed by atoms with van der Waals surface area (Å²) < 4.78 is 0. The maximum atomic E-state index is 4.74. The Morgan fingerprint density at radius 2 is 1.95 bits per heavy atom. The summed E-state index contributed by atoms with van der Waals surface area (Å²) in [5.41, 5.74) is 3.98. The minimum absolute atomic E-state index is 0.528. The summed E-state index contributed by atoms with van der Waals surface area (Å²) in [7, 11) is 0. The van der Waals surface area contributed by atoms with Crippen molar-refractivity contribution in [2.75, 3.05) is 6.54 Å². The molecule has 0 aliphatic heterocycles. The molecule has 1 heterocycles. The van der Waals surface area contributed by atoms with Crippen LogP contribution in [-0.4, -0.2) is 16.4 Å². The lowest BCUT2D eigenvalue weighted by molar-refractivity contribution is 0.268. The van der Waals surface area contributed by atoms with Crippen LogP contribution in [0.2, 0.25) is 0 Å². The van der Waals surface area contributed by atoms with Gasteiger partial charge >= 0.3 is 0 Å². The monoisotopic (exact) mass is 288 g/mol. The Balaban J connectivity index is 2.03. The SMILES string of the molecule is CCN(Cc1csc(C(C)C)n1)Cc1ccccc1C. The molecular weight excluding hydrogens is 264 g/mol. The van der Waals surface area contributed by atoms with E-state index in [1.807, 2.05) is 0 Å². The second-order valence-electron chi connectivity index (χ2n) is 5.56. The lowest BCUT2D eigenvalue weighted by Gasteiger charge is -2.20. The van der Waals surface area contributed by atoms with Crippen LogP contribution in [0.4, 0.5) is 0 Å². The number of rotatable bonds is 6. The largest absolute Gasteiger partial charge is 0.293 e. The molecule has 0 unspecified atom stereocenters. The van der Waals surface area contributed by atoms with E-state index in [9.17, 15) is 0 Å². The molecule has 2 rings (SSSR count). The van der Waals surface area contributed by atoms with E-state index in [0.717, 1.165) is 19.6 Å². The molecule has 0 aliphatic rings. The van der Waals surface area contributed by atoms with Crippen LogP contribution in [0.5, 0.6) is 0 Å². The highest BCUT2D eigenvalue weighted by Gasteiger charge is 2.10. The van der Waals surface area contributed by atoms with Gasteiger partial charge in [0.25, 0.3) is 0 Å². The third-order valence-corrected chi connectivity index (χ3v) is 4.75. The van der Waals surface area contributed by atoms with Gasteiger partial charge in [-0.15, -0.1) is 11.3 Å². The minimum atomic E-state index is 0.528. The number of hydrogen-bond donors (Lipinski definition) is 0. The van der Waals surface area contributed by atoms with E-state index in [0.29, 0.717) is 5.92 Å². The molecule has 0 bridgehead atoms. The highest BCUT2D eigenvalue weighted by Crippen LogP contribution is 2.20. The average Bonchev–Trinajstić information content (AvgIpc) is 2.89. The molecule has 0 saturated heterocycles. The molecule has 0 radical (unpaired) electrons. The molecule has 0 saturated carbocycles. The molecule has 0 spiro atoms. The van der Waals surface area contributed by atoms with Gasteiger partial charge in [-0.2, -0.15) is 0 Å². The molecule has 0 aliphatic carbocycles. The highest BCUT2D eigenvalue weighted by atomic mass is 32.1. The number of aryl methyl sites for hydroxylation is 1. The molecule has 0 fully saturated rings. The van der Waals surface area contributed by atoms with E-state index < -0.39 is 0 Å². The van der Waals surface area contributed by atoms with Crippen molar-refractivity contribution in [1.82, 2.24) is 9.88 Å². The highest BCUT2D eigenvalue weighted by molar-refractivity contribution is 7.09. The van der Waals surface area contributed by atoms with Gasteiger partial charge in [-0.3, -0.25) is 4.90 Å². The second kappa shape index (κ2) is 7.00. The van der Waals surface area contributed by atoms with Crippen LogP contribution in [0.1, 0.15) is 48.5 Å². The molecule has 0 amide bonds. The summed E-state index contributed by atoms with van der Waals surface area (Å²) >= 11 is 1.78. The molecule has 20 heavy (non-hydrogen) atoms. The molecule has 0 atom stereocenters. The quantitative estimate of drug-likeness (QED) is 0.772. The summed E-state index contributed by atoms with van der Waals surface area (Å²) in [5.74, 6) is 0.528. The smallest absolute Gasteiger partial charge is 0.0954 e. The number of hydrogen-bond acceptors (Lipinski definition) is 3. The number of nitrogens with zero attached hydrogens (tertiary/aromatic N) is 2. The van der Waals surface area contributed by atoms with Gasteiger partial charge < -0.3 is 0 Å². The van der Waals surface area contributed by atoms with Crippen LogP contribution in [0.3, 0.4) is 0 Å². The first-order chi connectivity index (χ1) is 9.60. The van der Waals surface area contributed by atoms with Crippen molar-refractivity contribution in [3.63, 3.8) is 0 Å². The Hall–Kier alpha value is -1.19. The topological polar surface area (TPSA) is 16.1 Å². The standard InChI is InChI=1S/C17H24N2S/c1-5-19(10-15-9-7-6-8-14(15)4)11-16-12-20-17(18-16)13(2)3/h6-9,12-13H,5,10-11H2,1-4H3. The zero-order valence-electron chi connectivity index (χ0n) is 12.9. The van der Waals surface area contributed by atoms with Gasteiger partial charge in [0.1, 0.15) is 0 Å². The van der Waals surface area contributed by atoms with Crippen LogP contribution in [0.25, 0.3) is 0 Å². The molecule has 1 aromatic heterocycles. The zero-order valence-corrected chi connectivity index (χ0v) is 13.7.